The third kappa shape index (κ3) is 2.47. The Morgan fingerprint density at radius 2 is 2.00 bits per heavy atom. The van der Waals surface area contributed by atoms with Crippen LogP contribution < -0.4 is 0 Å². The molecule has 0 spiro atoms. The highest BCUT2D eigenvalue weighted by atomic mass is 35.5. The zero-order chi connectivity index (χ0) is 12.4. The Labute approximate surface area is 108 Å². The van der Waals surface area contributed by atoms with E-state index in [1.165, 1.54) is 0 Å². The highest BCUT2D eigenvalue weighted by molar-refractivity contribution is 6.31. The first-order chi connectivity index (χ1) is 8.19. The van der Waals surface area contributed by atoms with Crippen molar-refractivity contribution >= 4 is 17.5 Å². The van der Waals surface area contributed by atoms with Gasteiger partial charge in [-0.2, -0.15) is 0 Å². The molecular weight excluding hydrogens is 234 g/mol. The third-order valence-electron chi connectivity index (χ3n) is 3.49. The van der Waals surface area contributed by atoms with Crippen molar-refractivity contribution in [2.45, 2.75) is 26.2 Å². The Kier molecular flexibility index (Phi) is 3.72. The van der Waals surface area contributed by atoms with Crippen molar-refractivity contribution in [1.29, 1.82) is 0 Å². The first-order valence-electron chi connectivity index (χ1n) is 6.22. The van der Waals surface area contributed by atoms with E-state index in [0.717, 1.165) is 30.1 Å². The van der Waals surface area contributed by atoms with Crippen molar-refractivity contribution in [2.24, 2.45) is 5.92 Å². The van der Waals surface area contributed by atoms with E-state index in [4.69, 9.17) is 11.6 Å². The molecule has 0 saturated heterocycles. The third-order valence-corrected chi connectivity index (χ3v) is 3.83. The molecule has 1 fully saturated rings. The van der Waals surface area contributed by atoms with Crippen molar-refractivity contribution < 1.29 is 4.79 Å². The van der Waals surface area contributed by atoms with Gasteiger partial charge < -0.3 is 4.90 Å². The zero-order valence-electron chi connectivity index (χ0n) is 10.3. The summed E-state index contributed by atoms with van der Waals surface area (Å²) in [5, 5.41) is 0.785. The van der Waals surface area contributed by atoms with Crippen LogP contribution in [0.15, 0.2) is 24.3 Å². The molecule has 0 heterocycles. The summed E-state index contributed by atoms with van der Waals surface area (Å²) in [4.78, 5) is 14.0. The topological polar surface area (TPSA) is 20.3 Å². The van der Waals surface area contributed by atoms with Gasteiger partial charge in [0.05, 0.1) is 0 Å². The second-order valence-electron chi connectivity index (χ2n) is 4.48. The molecule has 1 saturated carbocycles. The molecule has 1 amide bonds. The molecule has 1 aromatic carbocycles. The van der Waals surface area contributed by atoms with E-state index in [9.17, 15) is 4.79 Å². The molecule has 0 aromatic heterocycles. The van der Waals surface area contributed by atoms with E-state index < -0.39 is 0 Å². The molecule has 0 bridgehead atoms. The van der Waals surface area contributed by atoms with Gasteiger partial charge >= 0.3 is 0 Å². The molecule has 1 aliphatic rings. The van der Waals surface area contributed by atoms with Gasteiger partial charge in [-0.1, -0.05) is 29.8 Å². The lowest BCUT2D eigenvalue weighted by molar-refractivity contribution is -0.132. The number of hydrogen-bond acceptors (Lipinski definition) is 1. The number of carbonyl (C=O) groups excluding carboxylic acids is 1. The molecule has 92 valence electrons. The first kappa shape index (κ1) is 12.4. The van der Waals surface area contributed by atoms with Crippen LogP contribution in [0.3, 0.4) is 0 Å². The standard InChI is InChI=1S/C14H18ClNO/c1-3-16(4-2)14(17)12-9-11(12)10-7-5-6-8-13(10)15/h5-8,11-12H,3-4,9H2,1-2H3. The Hall–Kier alpha value is -1.02. The van der Waals surface area contributed by atoms with Gasteiger partial charge in [0.15, 0.2) is 0 Å². The van der Waals surface area contributed by atoms with Crippen molar-refractivity contribution in [1.82, 2.24) is 4.90 Å². The minimum absolute atomic E-state index is 0.148. The average Bonchev–Trinajstić information content (AvgIpc) is 3.11. The maximum Gasteiger partial charge on any atom is 0.226 e. The highest BCUT2D eigenvalue weighted by Crippen LogP contribution is 2.50. The van der Waals surface area contributed by atoms with Crippen LogP contribution in [-0.4, -0.2) is 23.9 Å². The zero-order valence-corrected chi connectivity index (χ0v) is 11.1. The number of benzene rings is 1. The van der Waals surface area contributed by atoms with E-state index in [0.29, 0.717) is 5.92 Å². The normalized spacial score (nSPS) is 22.3. The number of hydrogen-bond donors (Lipinski definition) is 0. The van der Waals surface area contributed by atoms with E-state index in [2.05, 4.69) is 0 Å². The molecule has 1 aliphatic carbocycles. The molecule has 2 rings (SSSR count). The predicted molar refractivity (Wildman–Crippen MR) is 70.2 cm³/mol. The van der Waals surface area contributed by atoms with Gasteiger partial charge in [0.2, 0.25) is 5.91 Å². The molecule has 2 unspecified atom stereocenters. The van der Waals surface area contributed by atoms with Gasteiger partial charge in [-0.25, -0.2) is 0 Å². The number of halogens is 1. The van der Waals surface area contributed by atoms with Gasteiger partial charge in [-0.05, 0) is 37.8 Å². The second-order valence-corrected chi connectivity index (χ2v) is 4.89. The Balaban J connectivity index is 2.06. The van der Waals surface area contributed by atoms with Crippen LogP contribution in [0.25, 0.3) is 0 Å². The molecule has 1 aromatic rings. The smallest absolute Gasteiger partial charge is 0.226 e. The van der Waals surface area contributed by atoms with E-state index >= 15 is 0 Å². The molecule has 0 N–H and O–H groups in total. The van der Waals surface area contributed by atoms with Crippen LogP contribution in [0.1, 0.15) is 31.7 Å². The molecule has 2 atom stereocenters. The maximum atomic E-state index is 12.1. The Bertz CT molecular complexity index is 414. The lowest BCUT2D eigenvalue weighted by atomic mass is 10.1. The fourth-order valence-corrected chi connectivity index (χ4v) is 2.63. The maximum absolute atomic E-state index is 12.1. The minimum Gasteiger partial charge on any atom is -0.343 e. The summed E-state index contributed by atoms with van der Waals surface area (Å²) in [7, 11) is 0. The van der Waals surface area contributed by atoms with Crippen LogP contribution in [0.5, 0.6) is 0 Å². The number of amides is 1. The quantitative estimate of drug-likeness (QED) is 0.804. The summed E-state index contributed by atoms with van der Waals surface area (Å²) in [6.07, 6.45) is 0.944. The summed E-state index contributed by atoms with van der Waals surface area (Å²) < 4.78 is 0. The highest BCUT2D eigenvalue weighted by Gasteiger charge is 2.45. The van der Waals surface area contributed by atoms with E-state index in [1.807, 2.05) is 43.0 Å². The number of carbonyl (C=O) groups is 1. The van der Waals surface area contributed by atoms with Crippen LogP contribution >= 0.6 is 11.6 Å². The Morgan fingerprint density at radius 1 is 1.35 bits per heavy atom. The van der Waals surface area contributed by atoms with Crippen molar-refractivity contribution in [3.05, 3.63) is 34.9 Å². The monoisotopic (exact) mass is 251 g/mol. The van der Waals surface area contributed by atoms with Gasteiger partial charge in [-0.3, -0.25) is 4.79 Å². The summed E-state index contributed by atoms with van der Waals surface area (Å²) in [6, 6.07) is 7.84. The van der Waals surface area contributed by atoms with Gasteiger partial charge in [0.1, 0.15) is 0 Å². The van der Waals surface area contributed by atoms with Crippen LogP contribution in [0.4, 0.5) is 0 Å². The molecule has 0 radical (unpaired) electrons. The summed E-state index contributed by atoms with van der Waals surface area (Å²) in [5.41, 5.74) is 1.12. The summed E-state index contributed by atoms with van der Waals surface area (Å²) >= 11 is 6.15. The molecule has 3 heteroatoms. The largest absolute Gasteiger partial charge is 0.343 e. The molecule has 2 nitrogen and oxygen atoms in total. The van der Waals surface area contributed by atoms with Crippen molar-refractivity contribution in [2.75, 3.05) is 13.1 Å². The Morgan fingerprint density at radius 3 is 2.59 bits per heavy atom. The van der Waals surface area contributed by atoms with Crippen LogP contribution in [0, 0.1) is 5.92 Å². The van der Waals surface area contributed by atoms with Gasteiger partial charge in [-0.15, -0.1) is 0 Å². The van der Waals surface area contributed by atoms with Crippen LogP contribution in [0.2, 0.25) is 5.02 Å². The summed E-state index contributed by atoms with van der Waals surface area (Å²) in [6.45, 7) is 5.63. The molecule has 0 aliphatic heterocycles. The van der Waals surface area contributed by atoms with Gasteiger partial charge in [0.25, 0.3) is 0 Å². The van der Waals surface area contributed by atoms with E-state index in [1.54, 1.807) is 0 Å². The first-order valence-corrected chi connectivity index (χ1v) is 6.60. The molecular formula is C14H18ClNO. The number of rotatable bonds is 4. The van der Waals surface area contributed by atoms with E-state index in [-0.39, 0.29) is 11.8 Å². The predicted octanol–water partition coefficient (Wildman–Crippen LogP) is 3.31. The SMILES string of the molecule is CCN(CC)C(=O)C1CC1c1ccccc1Cl. The summed E-state index contributed by atoms with van der Waals surface area (Å²) in [5.74, 6) is 0.756. The second kappa shape index (κ2) is 5.09. The lowest BCUT2D eigenvalue weighted by Crippen LogP contribution is -2.32. The fraction of sp³-hybridized carbons (Fsp3) is 0.500. The van der Waals surface area contributed by atoms with Crippen molar-refractivity contribution in [3.8, 4) is 0 Å². The molecule has 17 heavy (non-hydrogen) atoms. The average molecular weight is 252 g/mol. The number of nitrogens with zero attached hydrogens (tertiary/aromatic N) is 1. The minimum atomic E-state index is 0.148. The van der Waals surface area contributed by atoms with Gasteiger partial charge in [0, 0.05) is 24.0 Å². The van der Waals surface area contributed by atoms with Crippen LogP contribution in [-0.2, 0) is 4.79 Å². The fourth-order valence-electron chi connectivity index (χ4n) is 2.36. The van der Waals surface area contributed by atoms with Crippen molar-refractivity contribution in [3.63, 3.8) is 0 Å². The lowest BCUT2D eigenvalue weighted by Gasteiger charge is -2.18.